The smallest absolute Gasteiger partial charge is 0.337 e. The molecule has 1 aromatic heterocycles. The summed E-state index contributed by atoms with van der Waals surface area (Å²) >= 11 is 0. The number of para-hydroxylation sites is 1. The number of benzene rings is 1. The fourth-order valence-corrected chi connectivity index (χ4v) is 3.17. The molecule has 2 N–H and O–H groups in total. The first-order valence-electron chi connectivity index (χ1n) is 6.67. The zero-order valence-corrected chi connectivity index (χ0v) is 10.9. The molecule has 2 aromatic rings. The summed E-state index contributed by atoms with van der Waals surface area (Å²) in [6.45, 7) is -0.184. The van der Waals surface area contributed by atoms with Gasteiger partial charge in [0, 0.05) is 11.1 Å². The molecule has 3 rings (SSSR count). The van der Waals surface area contributed by atoms with Gasteiger partial charge in [0.25, 0.3) is 0 Å². The highest BCUT2D eigenvalue weighted by molar-refractivity contribution is 6.04. The highest BCUT2D eigenvalue weighted by atomic mass is 16.4. The quantitative estimate of drug-likeness (QED) is 0.899. The highest BCUT2D eigenvalue weighted by Gasteiger charge is 2.24. The lowest BCUT2D eigenvalue weighted by molar-refractivity contribution is -0.137. The minimum absolute atomic E-state index is 0.179. The first-order chi connectivity index (χ1) is 9.59. The van der Waals surface area contributed by atoms with Crippen LogP contribution in [0.1, 0.15) is 34.5 Å². The summed E-state index contributed by atoms with van der Waals surface area (Å²) in [5.41, 5.74) is 2.84. The van der Waals surface area contributed by atoms with Crippen molar-refractivity contribution < 1.29 is 19.8 Å². The third-order valence-corrected chi connectivity index (χ3v) is 3.92. The molecule has 0 unspecified atom stereocenters. The lowest BCUT2D eigenvalue weighted by Crippen LogP contribution is -2.15. The third kappa shape index (κ3) is 1.86. The van der Waals surface area contributed by atoms with Crippen LogP contribution in [0.4, 0.5) is 0 Å². The maximum atomic E-state index is 11.4. The van der Waals surface area contributed by atoms with E-state index >= 15 is 0 Å². The lowest BCUT2D eigenvalue weighted by Gasteiger charge is -2.14. The monoisotopic (exact) mass is 273 g/mol. The standard InChI is InChI=1S/C15H15NO4/c17-13(18)8-16-12-7-2-1-4-9(12)10-5-3-6-11(14(10)16)15(19)20/h3,5-6H,1-2,4,7-8H2,(H,17,18)(H,19,20). The summed E-state index contributed by atoms with van der Waals surface area (Å²) in [5.74, 6) is -1.97. The van der Waals surface area contributed by atoms with E-state index in [0.717, 1.165) is 42.3 Å². The molecule has 20 heavy (non-hydrogen) atoms. The number of carbonyl (C=O) groups is 2. The number of carboxylic acid groups (broad SMARTS) is 2. The highest BCUT2D eigenvalue weighted by Crippen LogP contribution is 2.33. The van der Waals surface area contributed by atoms with Crippen molar-refractivity contribution in [1.82, 2.24) is 4.57 Å². The van der Waals surface area contributed by atoms with Crippen LogP contribution in [0.25, 0.3) is 10.9 Å². The molecule has 0 amide bonds. The van der Waals surface area contributed by atoms with E-state index in [2.05, 4.69) is 0 Å². The largest absolute Gasteiger partial charge is 0.480 e. The fourth-order valence-electron chi connectivity index (χ4n) is 3.17. The maximum Gasteiger partial charge on any atom is 0.337 e. The van der Waals surface area contributed by atoms with Crippen LogP contribution in [0.3, 0.4) is 0 Å². The van der Waals surface area contributed by atoms with Crippen LogP contribution in [0.5, 0.6) is 0 Å². The van der Waals surface area contributed by atoms with Gasteiger partial charge in [0.05, 0.1) is 11.1 Å². The van der Waals surface area contributed by atoms with Gasteiger partial charge in [-0.3, -0.25) is 4.79 Å². The Morgan fingerprint density at radius 3 is 2.60 bits per heavy atom. The number of hydrogen-bond donors (Lipinski definition) is 2. The van der Waals surface area contributed by atoms with Crippen LogP contribution in [-0.2, 0) is 24.2 Å². The van der Waals surface area contributed by atoms with Crippen LogP contribution in [0.2, 0.25) is 0 Å². The summed E-state index contributed by atoms with van der Waals surface area (Å²) in [5, 5.41) is 19.3. The maximum absolute atomic E-state index is 11.4. The van der Waals surface area contributed by atoms with Crippen LogP contribution in [0.15, 0.2) is 18.2 Å². The van der Waals surface area contributed by atoms with Crippen molar-refractivity contribution >= 4 is 22.8 Å². The first-order valence-corrected chi connectivity index (χ1v) is 6.67. The molecule has 0 radical (unpaired) electrons. The molecule has 1 heterocycles. The number of carboxylic acids is 2. The van der Waals surface area contributed by atoms with Crippen LogP contribution in [0, 0.1) is 0 Å². The van der Waals surface area contributed by atoms with Crippen molar-refractivity contribution in [2.24, 2.45) is 0 Å². The molecule has 0 aliphatic heterocycles. The average molecular weight is 273 g/mol. The Labute approximate surface area is 115 Å². The van der Waals surface area contributed by atoms with Gasteiger partial charge in [0.2, 0.25) is 0 Å². The van der Waals surface area contributed by atoms with E-state index in [-0.39, 0.29) is 12.1 Å². The van der Waals surface area contributed by atoms with E-state index in [1.807, 2.05) is 6.07 Å². The van der Waals surface area contributed by atoms with Crippen molar-refractivity contribution in [3.63, 3.8) is 0 Å². The molecule has 104 valence electrons. The van der Waals surface area contributed by atoms with Crippen LogP contribution >= 0.6 is 0 Å². The normalized spacial score (nSPS) is 14.2. The zero-order chi connectivity index (χ0) is 14.3. The van der Waals surface area contributed by atoms with Gasteiger partial charge in [-0.05, 0) is 37.3 Å². The number of aromatic nitrogens is 1. The Morgan fingerprint density at radius 2 is 1.90 bits per heavy atom. The van der Waals surface area contributed by atoms with Gasteiger partial charge in [-0.1, -0.05) is 12.1 Å². The van der Waals surface area contributed by atoms with Crippen molar-refractivity contribution in [2.75, 3.05) is 0 Å². The molecule has 0 bridgehead atoms. The van der Waals surface area contributed by atoms with Gasteiger partial charge in [0.1, 0.15) is 6.54 Å². The van der Waals surface area contributed by atoms with E-state index in [1.54, 1.807) is 10.6 Å². The second-order valence-corrected chi connectivity index (χ2v) is 5.12. The number of aryl methyl sites for hydroxylation is 1. The SMILES string of the molecule is O=C(O)Cn1c2c(c3cccc(C(=O)O)c31)CCCC2. The zero-order valence-electron chi connectivity index (χ0n) is 10.9. The van der Waals surface area contributed by atoms with Crippen molar-refractivity contribution in [3.05, 3.63) is 35.0 Å². The van der Waals surface area contributed by atoms with Gasteiger partial charge in [-0.25, -0.2) is 4.79 Å². The second kappa shape index (κ2) is 4.67. The molecular formula is C15H15NO4. The molecule has 1 aliphatic rings. The number of nitrogens with zero attached hydrogens (tertiary/aromatic N) is 1. The minimum atomic E-state index is -1.02. The Hall–Kier alpha value is -2.30. The summed E-state index contributed by atoms with van der Waals surface area (Å²) in [6.07, 6.45) is 3.79. The van der Waals surface area contributed by atoms with Crippen molar-refractivity contribution in [1.29, 1.82) is 0 Å². The average Bonchev–Trinajstić information content (AvgIpc) is 2.73. The molecule has 0 spiro atoms. The summed E-state index contributed by atoms with van der Waals surface area (Å²) in [4.78, 5) is 22.5. The molecule has 1 aliphatic carbocycles. The number of rotatable bonds is 3. The van der Waals surface area contributed by atoms with Gasteiger partial charge in [0.15, 0.2) is 0 Å². The fraction of sp³-hybridized carbons (Fsp3) is 0.333. The molecule has 0 fully saturated rings. The van der Waals surface area contributed by atoms with Gasteiger partial charge >= 0.3 is 11.9 Å². The van der Waals surface area contributed by atoms with Crippen LogP contribution in [-0.4, -0.2) is 26.7 Å². The first kappa shape index (κ1) is 12.7. The third-order valence-electron chi connectivity index (χ3n) is 3.92. The molecule has 5 heteroatoms. The second-order valence-electron chi connectivity index (χ2n) is 5.12. The van der Waals surface area contributed by atoms with Gasteiger partial charge in [-0.2, -0.15) is 0 Å². The number of aromatic carboxylic acids is 1. The predicted octanol–water partition coefficient (Wildman–Crippen LogP) is 2.30. The topological polar surface area (TPSA) is 79.5 Å². The molecule has 1 aromatic carbocycles. The number of hydrogen-bond acceptors (Lipinski definition) is 2. The Kier molecular flexibility index (Phi) is 2.97. The van der Waals surface area contributed by atoms with E-state index < -0.39 is 11.9 Å². The van der Waals surface area contributed by atoms with Crippen molar-refractivity contribution in [3.8, 4) is 0 Å². The van der Waals surface area contributed by atoms with E-state index in [0.29, 0.717) is 5.52 Å². The van der Waals surface area contributed by atoms with E-state index in [4.69, 9.17) is 5.11 Å². The Bertz CT molecular complexity index is 714. The van der Waals surface area contributed by atoms with Crippen LogP contribution < -0.4 is 0 Å². The van der Waals surface area contributed by atoms with E-state index in [9.17, 15) is 14.7 Å². The molecule has 0 saturated carbocycles. The molecule has 0 saturated heterocycles. The lowest BCUT2D eigenvalue weighted by atomic mass is 9.95. The van der Waals surface area contributed by atoms with Gasteiger partial charge in [-0.15, -0.1) is 0 Å². The number of fused-ring (bicyclic) bond motifs is 3. The molecule has 5 nitrogen and oxygen atoms in total. The molecule has 0 atom stereocenters. The Morgan fingerprint density at radius 1 is 1.15 bits per heavy atom. The Balaban J connectivity index is 2.37. The minimum Gasteiger partial charge on any atom is -0.480 e. The van der Waals surface area contributed by atoms with Gasteiger partial charge < -0.3 is 14.8 Å². The van der Waals surface area contributed by atoms with E-state index in [1.165, 1.54) is 6.07 Å². The predicted molar refractivity (Wildman–Crippen MR) is 73.2 cm³/mol. The summed E-state index contributed by atoms with van der Waals surface area (Å²) in [7, 11) is 0. The summed E-state index contributed by atoms with van der Waals surface area (Å²) in [6, 6.07) is 5.16. The van der Waals surface area contributed by atoms with Crippen molar-refractivity contribution in [2.45, 2.75) is 32.2 Å². The number of aliphatic carboxylic acids is 1. The summed E-state index contributed by atoms with van der Waals surface area (Å²) < 4.78 is 1.68. The molecular weight excluding hydrogens is 258 g/mol.